The Kier molecular flexibility index (Phi) is 4.18. The number of aromatic nitrogens is 2. The molecule has 1 N–H and O–H groups in total. The zero-order chi connectivity index (χ0) is 16.2. The summed E-state index contributed by atoms with van der Waals surface area (Å²) >= 11 is 0. The first-order valence-corrected chi connectivity index (χ1v) is 6.89. The van der Waals surface area contributed by atoms with Crippen molar-refractivity contribution in [3.63, 3.8) is 0 Å². The van der Waals surface area contributed by atoms with Gasteiger partial charge in [0.25, 0.3) is 0 Å². The molecule has 0 bridgehead atoms. The van der Waals surface area contributed by atoms with Crippen molar-refractivity contribution in [2.75, 3.05) is 5.43 Å². The molecule has 7 heteroatoms. The minimum Gasteiger partial charge on any atom is -0.434 e. The largest absolute Gasteiger partial charge is 0.434 e. The highest BCUT2D eigenvalue weighted by atomic mass is 19.3. The van der Waals surface area contributed by atoms with Crippen molar-refractivity contribution >= 4 is 23.2 Å². The fourth-order valence-corrected chi connectivity index (χ4v) is 2.20. The number of aryl methyl sites for hydroxylation is 1. The fourth-order valence-electron chi connectivity index (χ4n) is 2.20. The zero-order valence-corrected chi connectivity index (χ0v) is 12.3. The number of rotatable bonds is 5. The number of fused-ring (bicyclic) bond motifs is 1. The van der Waals surface area contributed by atoms with Gasteiger partial charge in [0.05, 0.1) is 17.2 Å². The number of benzene rings is 2. The Labute approximate surface area is 131 Å². The molecule has 0 amide bonds. The predicted molar refractivity (Wildman–Crippen MR) is 85.0 cm³/mol. The Bertz CT molecular complexity index is 845. The first kappa shape index (κ1) is 15.0. The molecule has 118 valence electrons. The number of nitrogens with zero attached hydrogens (tertiary/aromatic N) is 3. The van der Waals surface area contributed by atoms with E-state index in [0.29, 0.717) is 11.5 Å². The van der Waals surface area contributed by atoms with Crippen LogP contribution in [-0.2, 0) is 7.05 Å². The first-order chi connectivity index (χ1) is 11.1. The minimum absolute atomic E-state index is 0.0676. The summed E-state index contributed by atoms with van der Waals surface area (Å²) in [6.07, 6.45) is 1.41. The standard InChI is InChI=1S/C16H14F2N4O/c1-22-13-8-4-3-7-12(13)20-16(22)21-19-10-11-6-2-5-9-14(11)23-15(17)18/h2-10,15H,1H3,(H,20,21). The lowest BCUT2D eigenvalue weighted by Crippen LogP contribution is -2.04. The molecule has 0 spiro atoms. The van der Waals surface area contributed by atoms with Crippen molar-refractivity contribution in [1.29, 1.82) is 0 Å². The number of ether oxygens (including phenoxy) is 1. The number of para-hydroxylation sites is 3. The summed E-state index contributed by atoms with van der Waals surface area (Å²) in [5.41, 5.74) is 5.06. The number of anilines is 1. The maximum Gasteiger partial charge on any atom is 0.387 e. The van der Waals surface area contributed by atoms with E-state index in [1.54, 1.807) is 18.2 Å². The summed E-state index contributed by atoms with van der Waals surface area (Å²) in [6.45, 7) is -2.88. The van der Waals surface area contributed by atoms with Crippen LogP contribution < -0.4 is 10.2 Å². The van der Waals surface area contributed by atoms with Crippen LogP contribution in [0.2, 0.25) is 0 Å². The normalized spacial score (nSPS) is 11.5. The van der Waals surface area contributed by atoms with Crippen molar-refractivity contribution in [2.24, 2.45) is 12.1 Å². The van der Waals surface area contributed by atoms with Crippen LogP contribution in [-0.4, -0.2) is 22.4 Å². The van der Waals surface area contributed by atoms with E-state index in [2.05, 4.69) is 20.2 Å². The summed E-state index contributed by atoms with van der Waals surface area (Å²) in [5, 5.41) is 4.05. The number of hydrogen-bond donors (Lipinski definition) is 1. The molecule has 0 aliphatic heterocycles. The number of halogens is 2. The average molecular weight is 316 g/mol. The third kappa shape index (κ3) is 3.28. The van der Waals surface area contributed by atoms with Crippen molar-refractivity contribution in [3.05, 3.63) is 54.1 Å². The van der Waals surface area contributed by atoms with E-state index in [0.717, 1.165) is 11.0 Å². The third-order valence-corrected chi connectivity index (χ3v) is 3.29. The van der Waals surface area contributed by atoms with Gasteiger partial charge in [0.2, 0.25) is 5.95 Å². The number of nitrogens with one attached hydrogen (secondary N) is 1. The maximum absolute atomic E-state index is 12.4. The van der Waals surface area contributed by atoms with Crippen LogP contribution in [0.15, 0.2) is 53.6 Å². The topological polar surface area (TPSA) is 51.4 Å². The van der Waals surface area contributed by atoms with E-state index in [1.165, 1.54) is 12.3 Å². The second-order valence-electron chi connectivity index (χ2n) is 4.77. The van der Waals surface area contributed by atoms with Gasteiger partial charge in [0.15, 0.2) is 0 Å². The molecule has 0 atom stereocenters. The Hall–Kier alpha value is -2.96. The van der Waals surface area contributed by atoms with Crippen LogP contribution >= 0.6 is 0 Å². The Balaban J connectivity index is 1.80. The Morgan fingerprint density at radius 3 is 2.70 bits per heavy atom. The number of alkyl halides is 2. The highest BCUT2D eigenvalue weighted by Crippen LogP contribution is 2.19. The zero-order valence-electron chi connectivity index (χ0n) is 12.3. The second-order valence-corrected chi connectivity index (χ2v) is 4.77. The van der Waals surface area contributed by atoms with E-state index in [4.69, 9.17) is 0 Å². The second kappa shape index (κ2) is 6.43. The van der Waals surface area contributed by atoms with Gasteiger partial charge in [0.1, 0.15) is 5.75 Å². The summed E-state index contributed by atoms with van der Waals surface area (Å²) in [5.74, 6) is 0.618. The molecule has 0 saturated heterocycles. The molecule has 0 radical (unpaired) electrons. The lowest BCUT2D eigenvalue weighted by atomic mass is 10.2. The van der Waals surface area contributed by atoms with Crippen molar-refractivity contribution in [2.45, 2.75) is 6.61 Å². The van der Waals surface area contributed by atoms with Gasteiger partial charge < -0.3 is 9.30 Å². The molecule has 0 unspecified atom stereocenters. The number of hydrogen-bond acceptors (Lipinski definition) is 4. The molecular formula is C16H14F2N4O. The van der Waals surface area contributed by atoms with Crippen molar-refractivity contribution in [1.82, 2.24) is 9.55 Å². The van der Waals surface area contributed by atoms with Gasteiger partial charge in [0, 0.05) is 12.6 Å². The third-order valence-electron chi connectivity index (χ3n) is 3.29. The van der Waals surface area contributed by atoms with Gasteiger partial charge in [-0.05, 0) is 24.3 Å². The first-order valence-electron chi connectivity index (χ1n) is 6.89. The fraction of sp³-hybridized carbons (Fsp3) is 0.125. The van der Waals surface area contributed by atoms with Crippen LogP contribution in [0.5, 0.6) is 5.75 Å². The molecule has 3 aromatic rings. The van der Waals surface area contributed by atoms with Gasteiger partial charge in [-0.3, -0.25) is 0 Å². The van der Waals surface area contributed by atoms with Gasteiger partial charge in [-0.2, -0.15) is 13.9 Å². The Morgan fingerprint density at radius 1 is 1.17 bits per heavy atom. The molecule has 0 aliphatic rings. The lowest BCUT2D eigenvalue weighted by Gasteiger charge is -2.07. The number of imidazole rings is 1. The highest BCUT2D eigenvalue weighted by Gasteiger charge is 2.08. The Morgan fingerprint density at radius 2 is 1.91 bits per heavy atom. The van der Waals surface area contributed by atoms with Crippen LogP contribution in [0, 0.1) is 0 Å². The molecule has 2 aromatic carbocycles. The summed E-state index contributed by atoms with van der Waals surface area (Å²) in [7, 11) is 1.86. The maximum atomic E-state index is 12.4. The predicted octanol–water partition coefficient (Wildman–Crippen LogP) is 3.62. The van der Waals surface area contributed by atoms with Crippen LogP contribution in [0.25, 0.3) is 11.0 Å². The van der Waals surface area contributed by atoms with Gasteiger partial charge in [-0.15, -0.1) is 0 Å². The van der Waals surface area contributed by atoms with E-state index in [-0.39, 0.29) is 5.75 Å². The molecule has 3 rings (SSSR count). The SMILES string of the molecule is Cn1c(NN=Cc2ccccc2OC(F)F)nc2ccccc21. The van der Waals surface area contributed by atoms with Crippen LogP contribution in [0.3, 0.4) is 0 Å². The van der Waals surface area contributed by atoms with E-state index < -0.39 is 6.61 Å². The van der Waals surface area contributed by atoms with Gasteiger partial charge in [-0.1, -0.05) is 24.3 Å². The number of hydrazone groups is 1. The summed E-state index contributed by atoms with van der Waals surface area (Å²) < 4.78 is 31.0. The minimum atomic E-state index is -2.88. The van der Waals surface area contributed by atoms with Crippen LogP contribution in [0.4, 0.5) is 14.7 Å². The molecule has 1 heterocycles. The van der Waals surface area contributed by atoms with E-state index >= 15 is 0 Å². The van der Waals surface area contributed by atoms with Gasteiger partial charge >= 0.3 is 6.61 Å². The summed E-state index contributed by atoms with van der Waals surface area (Å²) in [6, 6.07) is 14.1. The monoisotopic (exact) mass is 316 g/mol. The lowest BCUT2D eigenvalue weighted by molar-refractivity contribution is -0.0499. The van der Waals surface area contributed by atoms with E-state index in [9.17, 15) is 8.78 Å². The smallest absolute Gasteiger partial charge is 0.387 e. The van der Waals surface area contributed by atoms with Crippen molar-refractivity contribution in [3.8, 4) is 5.75 Å². The molecular weight excluding hydrogens is 302 g/mol. The molecule has 1 aromatic heterocycles. The van der Waals surface area contributed by atoms with E-state index in [1.807, 2.05) is 35.9 Å². The average Bonchev–Trinajstić information content (AvgIpc) is 2.85. The quantitative estimate of drug-likeness (QED) is 0.578. The van der Waals surface area contributed by atoms with Crippen LogP contribution in [0.1, 0.15) is 5.56 Å². The van der Waals surface area contributed by atoms with Gasteiger partial charge in [-0.25, -0.2) is 10.4 Å². The molecule has 0 saturated carbocycles. The van der Waals surface area contributed by atoms with Crippen molar-refractivity contribution < 1.29 is 13.5 Å². The molecule has 0 fully saturated rings. The molecule has 23 heavy (non-hydrogen) atoms. The highest BCUT2D eigenvalue weighted by molar-refractivity contribution is 5.84. The molecule has 5 nitrogen and oxygen atoms in total. The molecule has 0 aliphatic carbocycles. The summed E-state index contributed by atoms with van der Waals surface area (Å²) in [4.78, 5) is 4.40.